The van der Waals surface area contributed by atoms with E-state index in [1.165, 1.54) is 25.3 Å². The first-order chi connectivity index (χ1) is 27.9. The molecule has 58 heavy (non-hydrogen) atoms. The van der Waals surface area contributed by atoms with Gasteiger partial charge in [0.15, 0.2) is 5.82 Å². The number of imidazole rings is 1. The first-order valence-corrected chi connectivity index (χ1v) is 21.3. The quantitative estimate of drug-likeness (QED) is 0.140. The molecule has 5 heterocycles. The van der Waals surface area contributed by atoms with E-state index in [1.807, 2.05) is 21.6 Å². The Kier molecular flexibility index (Phi) is 10.1. The molecule has 12 nitrogen and oxygen atoms in total. The van der Waals surface area contributed by atoms with E-state index in [-0.39, 0.29) is 35.1 Å². The third-order valence-corrected chi connectivity index (χ3v) is 13.8. The molecule has 13 heteroatoms. The van der Waals surface area contributed by atoms with Crippen molar-refractivity contribution in [3.63, 3.8) is 0 Å². The second-order valence-corrected chi connectivity index (χ2v) is 17.9. The maximum atomic E-state index is 15.9. The van der Waals surface area contributed by atoms with Gasteiger partial charge in [-0.25, -0.2) is 14.4 Å². The van der Waals surface area contributed by atoms with Crippen molar-refractivity contribution in [1.82, 2.24) is 29.7 Å². The molecule has 2 saturated heterocycles. The highest BCUT2D eigenvalue weighted by Crippen LogP contribution is 2.52. The van der Waals surface area contributed by atoms with Crippen LogP contribution in [-0.2, 0) is 19.7 Å². The van der Waals surface area contributed by atoms with Gasteiger partial charge >= 0.3 is 0 Å². The molecule has 2 aromatic carbocycles. The summed E-state index contributed by atoms with van der Waals surface area (Å²) in [7, 11) is 1.65. The summed E-state index contributed by atoms with van der Waals surface area (Å²) in [6.07, 6.45) is 9.44. The average molecular weight is 793 g/mol. The van der Waals surface area contributed by atoms with Crippen LogP contribution in [0.25, 0.3) is 22.3 Å². The third-order valence-electron chi connectivity index (χ3n) is 13.8. The number of pyridine rings is 1. The van der Waals surface area contributed by atoms with Crippen LogP contribution in [-0.4, -0.2) is 98.8 Å². The topological polar surface area (TPSA) is 128 Å². The number of fused-ring (bicyclic) bond motifs is 3. The summed E-state index contributed by atoms with van der Waals surface area (Å²) in [5.41, 5.74) is 5.34. The van der Waals surface area contributed by atoms with Gasteiger partial charge in [0, 0.05) is 67.6 Å². The van der Waals surface area contributed by atoms with E-state index >= 15 is 4.39 Å². The van der Waals surface area contributed by atoms with Crippen LogP contribution < -0.4 is 15.5 Å². The highest BCUT2D eigenvalue weighted by Gasteiger charge is 2.55. The number of aromatic nitrogens is 3. The highest BCUT2D eigenvalue weighted by molar-refractivity contribution is 6.09. The van der Waals surface area contributed by atoms with E-state index in [4.69, 9.17) is 14.7 Å². The van der Waals surface area contributed by atoms with Crippen molar-refractivity contribution in [2.24, 2.45) is 0 Å². The molecule has 9 rings (SSSR count). The Labute approximate surface area is 340 Å². The second-order valence-electron chi connectivity index (χ2n) is 17.9. The van der Waals surface area contributed by atoms with Crippen molar-refractivity contribution in [2.75, 3.05) is 50.1 Å². The van der Waals surface area contributed by atoms with Crippen LogP contribution in [0.4, 0.5) is 21.6 Å². The van der Waals surface area contributed by atoms with Crippen LogP contribution in [0.15, 0.2) is 42.7 Å². The van der Waals surface area contributed by atoms with Gasteiger partial charge in [0.25, 0.3) is 0 Å². The van der Waals surface area contributed by atoms with Crippen LogP contribution in [0, 0.1) is 12.7 Å². The normalized spacial score (nSPS) is 23.1. The number of amides is 2. The molecule has 2 amide bonds. The SMILES string of the molecule is COCC1(NC(O)c2cc(Nc3nc(-c4ccc5c(c4)N([C@H]4C[C@@H](N6CCCCC6)C4)C(=O)C54CCN(C(C)=O)CC4)cc4ncn(C(C)C)c34)c(F)cc2C)CC1. The Morgan fingerprint density at radius 2 is 1.76 bits per heavy atom. The van der Waals surface area contributed by atoms with E-state index in [0.29, 0.717) is 66.7 Å². The summed E-state index contributed by atoms with van der Waals surface area (Å²) < 4.78 is 23.3. The minimum absolute atomic E-state index is 0.0465. The van der Waals surface area contributed by atoms with Crippen molar-refractivity contribution in [3.8, 4) is 11.3 Å². The molecule has 0 radical (unpaired) electrons. The summed E-state index contributed by atoms with van der Waals surface area (Å²) in [6, 6.07) is 12.0. The molecular formula is C45H57FN8O4. The molecule has 0 bridgehead atoms. The van der Waals surface area contributed by atoms with Crippen molar-refractivity contribution in [3.05, 3.63) is 65.2 Å². The van der Waals surface area contributed by atoms with Crippen LogP contribution in [0.1, 0.15) is 108 Å². The van der Waals surface area contributed by atoms with Crippen molar-refractivity contribution >= 4 is 40.0 Å². The van der Waals surface area contributed by atoms with Crippen LogP contribution in [0.5, 0.6) is 0 Å². The smallest absolute Gasteiger partial charge is 0.238 e. The fraction of sp³-hybridized carbons (Fsp3) is 0.556. The zero-order valence-corrected chi connectivity index (χ0v) is 34.5. The number of piperidine rings is 2. The van der Waals surface area contributed by atoms with Gasteiger partial charge in [-0.1, -0.05) is 18.6 Å². The minimum Gasteiger partial charge on any atom is -0.383 e. The van der Waals surface area contributed by atoms with Gasteiger partial charge in [0.05, 0.1) is 35.2 Å². The Bertz CT molecular complexity index is 2230. The molecule has 308 valence electrons. The molecule has 1 atom stereocenters. The van der Waals surface area contributed by atoms with Gasteiger partial charge in [-0.05, 0) is 121 Å². The number of likely N-dealkylation sites (tertiary alicyclic amines) is 2. The Hall–Kier alpha value is -4.43. The number of anilines is 3. The molecule has 3 N–H and O–H groups in total. The number of carbonyl (C=O) groups excluding carboxylic acids is 2. The van der Waals surface area contributed by atoms with Gasteiger partial charge in [-0.3, -0.25) is 14.9 Å². The largest absolute Gasteiger partial charge is 0.383 e. The zero-order valence-electron chi connectivity index (χ0n) is 34.5. The predicted molar refractivity (Wildman–Crippen MR) is 223 cm³/mol. The number of methoxy groups -OCH3 is 1. The summed E-state index contributed by atoms with van der Waals surface area (Å²) in [5, 5.41) is 18.0. The zero-order chi connectivity index (χ0) is 40.5. The van der Waals surface area contributed by atoms with E-state index in [0.717, 1.165) is 61.1 Å². The van der Waals surface area contributed by atoms with E-state index < -0.39 is 17.5 Å². The first-order valence-electron chi connectivity index (χ1n) is 21.3. The van der Waals surface area contributed by atoms with E-state index in [9.17, 15) is 14.7 Å². The number of rotatable bonds is 11. The Balaban J connectivity index is 1.08. The van der Waals surface area contributed by atoms with Gasteiger partial charge in [0.2, 0.25) is 11.8 Å². The summed E-state index contributed by atoms with van der Waals surface area (Å²) in [5.74, 6) is 0.185. The number of aryl methyl sites for hydroxylation is 1. The monoisotopic (exact) mass is 792 g/mol. The van der Waals surface area contributed by atoms with Crippen LogP contribution >= 0.6 is 0 Å². The molecule has 5 aliphatic rings. The van der Waals surface area contributed by atoms with Crippen molar-refractivity contribution in [1.29, 1.82) is 0 Å². The number of nitrogens with zero attached hydrogens (tertiary/aromatic N) is 6. The summed E-state index contributed by atoms with van der Waals surface area (Å²) >= 11 is 0. The molecule has 3 aliphatic heterocycles. The fourth-order valence-corrected chi connectivity index (χ4v) is 10.2. The number of ether oxygens (including phenoxy) is 1. The van der Waals surface area contributed by atoms with Gasteiger partial charge in [-0.15, -0.1) is 0 Å². The molecular weight excluding hydrogens is 736 g/mol. The Morgan fingerprint density at radius 1 is 1.02 bits per heavy atom. The predicted octanol–water partition coefficient (Wildman–Crippen LogP) is 6.87. The van der Waals surface area contributed by atoms with Gasteiger partial charge < -0.3 is 34.4 Å². The lowest BCUT2D eigenvalue weighted by Gasteiger charge is -2.48. The lowest BCUT2D eigenvalue weighted by Crippen LogP contribution is -2.58. The second kappa shape index (κ2) is 15.0. The number of aliphatic hydroxyl groups is 1. The third kappa shape index (κ3) is 6.77. The number of hydrogen-bond acceptors (Lipinski definition) is 9. The average Bonchev–Trinajstić information content (AvgIpc) is 3.72. The Morgan fingerprint density at radius 3 is 2.43 bits per heavy atom. The van der Waals surface area contributed by atoms with Crippen molar-refractivity contribution < 1.29 is 23.8 Å². The maximum Gasteiger partial charge on any atom is 0.238 e. The fourth-order valence-electron chi connectivity index (χ4n) is 10.2. The number of benzene rings is 2. The lowest BCUT2D eigenvalue weighted by molar-refractivity contribution is -0.134. The summed E-state index contributed by atoms with van der Waals surface area (Å²) in [6.45, 7) is 11.4. The molecule has 1 spiro atoms. The van der Waals surface area contributed by atoms with Crippen LogP contribution in [0.2, 0.25) is 0 Å². The van der Waals surface area contributed by atoms with Crippen molar-refractivity contribution in [2.45, 2.75) is 121 Å². The number of nitrogens with one attached hydrogen (secondary N) is 2. The van der Waals surface area contributed by atoms with Gasteiger partial charge in [-0.2, -0.15) is 0 Å². The highest BCUT2D eigenvalue weighted by atomic mass is 19.1. The van der Waals surface area contributed by atoms with Crippen LogP contribution in [0.3, 0.4) is 0 Å². The van der Waals surface area contributed by atoms with E-state index in [2.05, 4.69) is 46.4 Å². The number of carbonyl (C=O) groups is 2. The summed E-state index contributed by atoms with van der Waals surface area (Å²) in [4.78, 5) is 43.7. The molecule has 4 fully saturated rings. The minimum atomic E-state index is -1.01. The standard InChI is InChI=1S/C45H57FN8O4/c1-27(2)53-26-47-38-24-36(48-41(40(38)53)49-37-23-33(28(3)19-35(37)46)42(56)50-44(11-12-44)25-58-5)30-9-10-34-39(20-30)54(32-21-31(22-32)52-15-7-6-8-16-52)43(57)45(34)13-17-51(18-14-45)29(4)55/h9-10,19-20,23-24,26-27,31-32,42,50,56H,6-8,11-18,21-22,25H2,1-5H3,(H,48,49)/t31-,32+,42?. The lowest BCUT2D eigenvalue weighted by atomic mass is 9.73. The molecule has 2 aliphatic carbocycles. The molecule has 2 saturated carbocycles. The number of halogens is 1. The molecule has 4 aromatic rings. The van der Waals surface area contributed by atoms with E-state index in [1.54, 1.807) is 33.4 Å². The van der Waals surface area contributed by atoms with Gasteiger partial charge in [0.1, 0.15) is 17.6 Å². The maximum absolute atomic E-state index is 15.9. The number of aliphatic hydroxyl groups excluding tert-OH is 1. The number of hydrogen-bond donors (Lipinski definition) is 3. The first kappa shape index (κ1) is 39.1. The molecule has 1 unspecified atom stereocenters. The molecule has 2 aromatic heterocycles.